The van der Waals surface area contributed by atoms with Crippen molar-refractivity contribution < 1.29 is 28.4 Å². The van der Waals surface area contributed by atoms with Crippen LogP contribution in [-0.4, -0.2) is 39.6 Å². The van der Waals surface area contributed by atoms with Gasteiger partial charge in [-0.1, -0.05) is 424 Å². The van der Waals surface area contributed by atoms with Gasteiger partial charge in [-0.3, -0.25) is 0 Å². The van der Waals surface area contributed by atoms with Gasteiger partial charge in [-0.25, -0.2) is 0 Å². The summed E-state index contributed by atoms with van der Waals surface area (Å²) in [5.74, 6) is 26.5. The lowest BCUT2D eigenvalue weighted by Gasteiger charge is -2.16. The Morgan fingerprint density at radius 2 is 0.245 bits per heavy atom. The fraction of sp³-hybridized carbons (Fsp3) is 0.750. The average Bonchev–Trinajstić information content (AvgIpc) is 0.810. The highest BCUT2D eigenvalue weighted by atomic mass is 16.5. The van der Waals surface area contributed by atoms with Gasteiger partial charge in [-0.2, -0.15) is 0 Å². The zero-order valence-electron chi connectivity index (χ0n) is 67.6. The maximum atomic E-state index is 6.83. The third-order valence-corrected chi connectivity index (χ3v) is 20.8. The smallest absolute Gasteiger partial charge is 0.162 e. The van der Waals surface area contributed by atoms with Crippen molar-refractivity contribution in [3.8, 4) is 70.0 Å². The van der Waals surface area contributed by atoms with Gasteiger partial charge < -0.3 is 28.4 Å². The molecular weight excluding hydrogens is 1250 g/mol. The summed E-state index contributed by atoms with van der Waals surface area (Å²) in [6, 6.07) is 12.7. The van der Waals surface area contributed by atoms with E-state index in [1.807, 2.05) is 0 Å². The van der Waals surface area contributed by atoms with Crippen LogP contribution in [0.2, 0.25) is 0 Å². The Hall–Kier alpha value is -4.86. The van der Waals surface area contributed by atoms with E-state index in [9.17, 15) is 0 Å². The lowest BCUT2D eigenvalue weighted by atomic mass is 10.0. The second-order valence-corrected chi connectivity index (χ2v) is 30.5. The Balaban J connectivity index is 1.79. The molecule has 0 aliphatic heterocycles. The number of hydrogen-bond donors (Lipinski definition) is 0. The molecule has 3 aromatic rings. The van der Waals surface area contributed by atoms with Gasteiger partial charge in [-0.05, 0) is 38.5 Å². The van der Waals surface area contributed by atoms with Crippen molar-refractivity contribution in [1.29, 1.82) is 0 Å². The van der Waals surface area contributed by atoms with E-state index in [2.05, 4.69) is 113 Å². The Kier molecular flexibility index (Phi) is 57.6. The van der Waals surface area contributed by atoms with E-state index in [0.717, 1.165) is 145 Å². The van der Waals surface area contributed by atoms with Crippen LogP contribution in [0.5, 0.6) is 34.5 Å². The van der Waals surface area contributed by atoms with Crippen molar-refractivity contribution in [2.75, 3.05) is 39.6 Å². The van der Waals surface area contributed by atoms with Gasteiger partial charge in [0.25, 0.3) is 0 Å². The van der Waals surface area contributed by atoms with Crippen molar-refractivity contribution >= 4 is 0 Å². The molecule has 0 amide bonds. The van der Waals surface area contributed by atoms with Gasteiger partial charge in [0, 0.05) is 69.8 Å². The third-order valence-electron chi connectivity index (χ3n) is 20.8. The quantitative estimate of drug-likeness (QED) is 0.0324. The molecule has 576 valence electrons. The molecular formula is C96H156O6. The summed E-state index contributed by atoms with van der Waals surface area (Å²) >= 11 is 0. The van der Waals surface area contributed by atoms with Crippen LogP contribution >= 0.6 is 0 Å². The van der Waals surface area contributed by atoms with Crippen molar-refractivity contribution in [3.05, 3.63) is 69.8 Å². The predicted molar refractivity (Wildman–Crippen MR) is 441 cm³/mol. The minimum Gasteiger partial charge on any atom is -0.490 e. The van der Waals surface area contributed by atoms with Gasteiger partial charge in [-0.15, -0.1) is 0 Å². The lowest BCUT2D eigenvalue weighted by Crippen LogP contribution is -2.05. The first-order chi connectivity index (χ1) is 50.5. The summed E-state index contributed by atoms with van der Waals surface area (Å²) in [5, 5.41) is 0. The van der Waals surface area contributed by atoms with Crippen molar-refractivity contribution in [2.24, 2.45) is 0 Å². The molecule has 102 heavy (non-hydrogen) atoms. The maximum Gasteiger partial charge on any atom is 0.162 e. The van der Waals surface area contributed by atoms with Crippen LogP contribution in [0.3, 0.4) is 0 Å². The molecule has 0 bridgehead atoms. The highest BCUT2D eigenvalue weighted by Crippen LogP contribution is 2.36. The Morgan fingerprint density at radius 3 is 0.353 bits per heavy atom. The van der Waals surface area contributed by atoms with Gasteiger partial charge in [0.05, 0.1) is 39.6 Å². The van der Waals surface area contributed by atoms with Crippen LogP contribution in [0.15, 0.2) is 36.4 Å². The predicted octanol–water partition coefficient (Wildman–Crippen LogP) is 30.0. The molecule has 0 saturated carbocycles. The van der Waals surface area contributed by atoms with Crippen molar-refractivity contribution in [2.45, 2.75) is 427 Å². The number of ether oxygens (including phenoxy) is 6. The SMILES string of the molecule is CCCCCCCCCCCCOc1cc2c(cc1OCCCCCCCCCCCC)C#Cc1cc(OCCCCCCCCCCCC)c(OCCCCCCCCCCCC)cc1C#Cc1cc(OCCCCCCCCCCCC)c(OCCCCCCCCCCCC)cc1C#C2. The van der Waals surface area contributed by atoms with E-state index in [0.29, 0.717) is 39.6 Å². The zero-order chi connectivity index (χ0) is 72.3. The van der Waals surface area contributed by atoms with Crippen molar-refractivity contribution in [1.82, 2.24) is 0 Å². The second-order valence-electron chi connectivity index (χ2n) is 30.5. The summed E-state index contributed by atoms with van der Waals surface area (Å²) < 4.78 is 41.0. The van der Waals surface area contributed by atoms with Crippen LogP contribution in [0, 0.1) is 35.5 Å². The molecule has 0 radical (unpaired) electrons. The summed E-state index contributed by atoms with van der Waals surface area (Å²) in [5.41, 5.74) is 4.81. The number of benzene rings is 3. The number of hydrogen-bond acceptors (Lipinski definition) is 6. The Bertz CT molecular complexity index is 2210. The minimum atomic E-state index is 0.627. The second kappa shape index (κ2) is 65.6. The molecule has 0 atom stereocenters. The number of fused-ring (bicyclic) bond motifs is 3. The van der Waals surface area contributed by atoms with Gasteiger partial charge >= 0.3 is 0 Å². The van der Waals surface area contributed by atoms with E-state index in [1.165, 1.54) is 308 Å². The molecule has 0 unspecified atom stereocenters. The van der Waals surface area contributed by atoms with Gasteiger partial charge in [0.2, 0.25) is 0 Å². The fourth-order valence-electron chi connectivity index (χ4n) is 14.0. The summed E-state index contributed by atoms with van der Waals surface area (Å²) in [7, 11) is 0. The lowest BCUT2D eigenvalue weighted by molar-refractivity contribution is 0.258. The van der Waals surface area contributed by atoms with Crippen LogP contribution in [0.25, 0.3) is 0 Å². The Labute approximate surface area is 631 Å². The summed E-state index contributed by atoms with van der Waals surface area (Å²) in [6.45, 7) is 17.6. The number of rotatable bonds is 72. The minimum absolute atomic E-state index is 0.627. The highest BCUT2D eigenvalue weighted by Gasteiger charge is 2.18. The van der Waals surface area contributed by atoms with Crippen LogP contribution in [0.4, 0.5) is 0 Å². The van der Waals surface area contributed by atoms with Gasteiger partial charge in [0.15, 0.2) is 34.5 Å². The molecule has 0 heterocycles. The largest absolute Gasteiger partial charge is 0.490 e. The average molecular weight is 1410 g/mol. The first kappa shape index (κ1) is 89.5. The van der Waals surface area contributed by atoms with E-state index in [-0.39, 0.29) is 0 Å². The van der Waals surface area contributed by atoms with E-state index >= 15 is 0 Å². The van der Waals surface area contributed by atoms with E-state index in [1.54, 1.807) is 0 Å². The standard InChI is InChI=1S/C96H156O6/c1-7-13-19-25-31-37-43-49-55-61-73-97-91-79-85-67-68-87-81-93(99-75-63-57-51-45-39-33-27-21-15-9-3)95(101-77-65-59-53-47-41-35-29-23-17-11-5)83-89(87)71-72-90-84-96(102-78-66-60-54-48-42-36-30-24-18-12-6)94(100-76-64-58-52-46-40-34-28-22-16-10-4)82-88(90)70-69-86(85)80-92(91)98-74-62-56-50-44-38-32-26-20-14-8-2/h79-84H,7-66,73-78H2,1-6H3. The molecule has 0 saturated heterocycles. The fourth-order valence-corrected chi connectivity index (χ4v) is 14.0. The maximum absolute atomic E-state index is 6.83. The highest BCUT2D eigenvalue weighted by molar-refractivity contribution is 5.67. The van der Waals surface area contributed by atoms with Gasteiger partial charge in [0.1, 0.15) is 0 Å². The third kappa shape index (κ3) is 45.5. The normalized spacial score (nSPS) is 11.5. The molecule has 4 rings (SSSR count). The summed E-state index contributed by atoms with van der Waals surface area (Å²) in [6.07, 6.45) is 76.5. The van der Waals surface area contributed by atoms with Crippen molar-refractivity contribution in [3.63, 3.8) is 0 Å². The molecule has 1 aliphatic rings. The molecule has 0 fully saturated rings. The number of unbranched alkanes of at least 4 members (excludes halogenated alkanes) is 54. The molecule has 0 aromatic heterocycles. The first-order valence-electron chi connectivity index (χ1n) is 44.4. The molecule has 3 aromatic carbocycles. The summed E-state index contributed by atoms with van der Waals surface area (Å²) in [4.78, 5) is 0. The van der Waals surface area contributed by atoms with Crippen LogP contribution in [-0.2, 0) is 0 Å². The molecule has 0 spiro atoms. The first-order valence-corrected chi connectivity index (χ1v) is 44.4. The zero-order valence-corrected chi connectivity index (χ0v) is 67.6. The van der Waals surface area contributed by atoms with E-state index in [4.69, 9.17) is 28.4 Å². The van der Waals surface area contributed by atoms with Crippen LogP contribution < -0.4 is 28.4 Å². The molecule has 6 heteroatoms. The van der Waals surface area contributed by atoms with Crippen LogP contribution in [0.1, 0.15) is 460 Å². The Morgan fingerprint density at radius 1 is 0.147 bits per heavy atom. The molecule has 6 nitrogen and oxygen atoms in total. The van der Waals surface area contributed by atoms with E-state index < -0.39 is 0 Å². The molecule has 0 N–H and O–H groups in total. The molecule has 1 aliphatic carbocycles. The monoisotopic (exact) mass is 1410 g/mol. The topological polar surface area (TPSA) is 55.4 Å².